The molecule has 0 aliphatic carbocycles. The first-order valence-electron chi connectivity index (χ1n) is 8.13. The van der Waals surface area contributed by atoms with Crippen molar-refractivity contribution in [3.05, 3.63) is 0 Å². The first kappa shape index (κ1) is 18.4. The average Bonchev–Trinajstić information content (AvgIpc) is 2.37. The van der Waals surface area contributed by atoms with Gasteiger partial charge in [-0.25, -0.2) is 0 Å². The molecule has 0 aromatic carbocycles. The van der Waals surface area contributed by atoms with Gasteiger partial charge < -0.3 is 10.8 Å². The highest BCUT2D eigenvalue weighted by Gasteiger charge is 2.03. The maximum Gasteiger partial charge on any atom is 0.217 e. The molecule has 19 heavy (non-hydrogen) atoms. The highest BCUT2D eigenvalue weighted by Crippen LogP contribution is 2.13. The Bertz CT molecular complexity index is 207. The van der Waals surface area contributed by atoms with Crippen molar-refractivity contribution in [2.75, 3.05) is 0 Å². The molecule has 3 N–H and O–H groups in total. The molecule has 114 valence electrons. The van der Waals surface area contributed by atoms with Crippen LogP contribution in [0.1, 0.15) is 90.4 Å². The summed E-state index contributed by atoms with van der Waals surface area (Å²) in [6.07, 6.45) is 14.0. The second-order valence-electron chi connectivity index (χ2n) is 5.63. The van der Waals surface area contributed by atoms with Crippen molar-refractivity contribution in [2.45, 2.75) is 96.5 Å². The minimum atomic E-state index is -0.196. The second kappa shape index (κ2) is 13.9. The van der Waals surface area contributed by atoms with Crippen LogP contribution in [0.2, 0.25) is 0 Å². The van der Waals surface area contributed by atoms with Gasteiger partial charge >= 0.3 is 0 Å². The number of aliphatic hydroxyl groups is 1. The summed E-state index contributed by atoms with van der Waals surface area (Å²) in [7, 11) is 0. The number of aliphatic hydroxyl groups excluding tert-OH is 1. The topological polar surface area (TPSA) is 63.3 Å². The molecule has 1 unspecified atom stereocenters. The van der Waals surface area contributed by atoms with Crippen LogP contribution in [0.3, 0.4) is 0 Å². The number of carbonyl (C=O) groups is 1. The van der Waals surface area contributed by atoms with Crippen LogP contribution in [0.15, 0.2) is 0 Å². The van der Waals surface area contributed by atoms with Crippen molar-refractivity contribution in [2.24, 2.45) is 5.73 Å². The molecule has 0 aromatic rings. The van der Waals surface area contributed by atoms with Gasteiger partial charge in [-0.15, -0.1) is 0 Å². The van der Waals surface area contributed by atoms with Gasteiger partial charge in [0.1, 0.15) is 0 Å². The van der Waals surface area contributed by atoms with Gasteiger partial charge in [0.05, 0.1) is 6.10 Å². The number of carbonyl (C=O) groups excluding carboxylic acids is 1. The van der Waals surface area contributed by atoms with Crippen LogP contribution < -0.4 is 5.73 Å². The number of hydrogen-bond donors (Lipinski definition) is 2. The third-order valence-electron chi connectivity index (χ3n) is 3.60. The van der Waals surface area contributed by atoms with E-state index in [9.17, 15) is 9.90 Å². The number of hydrogen-bond acceptors (Lipinski definition) is 2. The van der Waals surface area contributed by atoms with E-state index in [0.29, 0.717) is 6.42 Å². The van der Waals surface area contributed by atoms with Crippen molar-refractivity contribution in [1.29, 1.82) is 0 Å². The zero-order chi connectivity index (χ0) is 14.3. The van der Waals surface area contributed by atoms with E-state index >= 15 is 0 Å². The molecular formula is C16H33NO2. The Kier molecular flexibility index (Phi) is 13.4. The number of nitrogens with two attached hydrogens (primary N) is 1. The molecule has 0 aliphatic rings. The lowest BCUT2D eigenvalue weighted by Gasteiger charge is -2.10. The molecule has 0 saturated heterocycles. The van der Waals surface area contributed by atoms with Crippen LogP contribution in [0.5, 0.6) is 0 Å². The number of primary amides is 1. The molecular weight excluding hydrogens is 238 g/mol. The smallest absolute Gasteiger partial charge is 0.217 e. The molecule has 1 amide bonds. The molecule has 0 bridgehead atoms. The monoisotopic (exact) mass is 271 g/mol. The molecule has 0 aromatic heterocycles. The summed E-state index contributed by atoms with van der Waals surface area (Å²) >= 11 is 0. The summed E-state index contributed by atoms with van der Waals surface area (Å²) in [6.45, 7) is 2.22. The van der Waals surface area contributed by atoms with E-state index in [1.807, 2.05) is 0 Å². The maximum absolute atomic E-state index is 10.5. The van der Waals surface area contributed by atoms with Crippen molar-refractivity contribution in [3.63, 3.8) is 0 Å². The van der Waals surface area contributed by atoms with Gasteiger partial charge in [-0.1, -0.05) is 64.7 Å². The molecule has 0 heterocycles. The zero-order valence-electron chi connectivity index (χ0n) is 12.7. The van der Waals surface area contributed by atoms with Crippen LogP contribution in [0, 0.1) is 0 Å². The molecule has 0 spiro atoms. The molecule has 1 atom stereocenters. The number of rotatable bonds is 14. The first-order chi connectivity index (χ1) is 9.16. The fourth-order valence-electron chi connectivity index (χ4n) is 2.34. The average molecular weight is 271 g/mol. The molecule has 3 heteroatoms. The normalized spacial score (nSPS) is 12.5. The van der Waals surface area contributed by atoms with Crippen molar-refractivity contribution >= 4 is 5.91 Å². The fraction of sp³-hybridized carbons (Fsp3) is 0.938. The van der Waals surface area contributed by atoms with E-state index < -0.39 is 0 Å². The first-order valence-corrected chi connectivity index (χ1v) is 8.13. The lowest BCUT2D eigenvalue weighted by Crippen LogP contribution is -2.09. The Morgan fingerprint density at radius 3 is 1.89 bits per heavy atom. The van der Waals surface area contributed by atoms with Crippen LogP contribution >= 0.6 is 0 Å². The summed E-state index contributed by atoms with van der Waals surface area (Å²) in [4.78, 5) is 10.5. The van der Waals surface area contributed by atoms with Crippen molar-refractivity contribution in [1.82, 2.24) is 0 Å². The van der Waals surface area contributed by atoms with Gasteiger partial charge in [-0.05, 0) is 19.3 Å². The van der Waals surface area contributed by atoms with Crippen molar-refractivity contribution in [3.8, 4) is 0 Å². The fourth-order valence-corrected chi connectivity index (χ4v) is 2.34. The quantitative estimate of drug-likeness (QED) is 0.470. The molecule has 0 fully saturated rings. The van der Waals surface area contributed by atoms with E-state index in [-0.39, 0.29) is 12.0 Å². The summed E-state index contributed by atoms with van der Waals surface area (Å²) in [5, 5.41) is 9.82. The predicted octanol–water partition coefficient (Wildman–Crippen LogP) is 3.92. The van der Waals surface area contributed by atoms with E-state index in [1.54, 1.807) is 0 Å². The van der Waals surface area contributed by atoms with Crippen LogP contribution in [0.4, 0.5) is 0 Å². The lowest BCUT2D eigenvalue weighted by atomic mass is 10.0. The minimum absolute atomic E-state index is 0.104. The van der Waals surface area contributed by atoms with E-state index in [1.165, 1.54) is 32.1 Å². The Labute approximate surface area is 119 Å². The SMILES string of the molecule is CCCCCCCC(O)CCCCCCCC(N)=O. The standard InChI is InChI=1S/C16H33NO2/c1-2-3-4-6-9-12-15(18)13-10-7-5-8-11-14-16(17)19/h15,18H,2-14H2,1H3,(H2,17,19). The van der Waals surface area contributed by atoms with Gasteiger partial charge in [0, 0.05) is 6.42 Å². The Morgan fingerprint density at radius 2 is 1.37 bits per heavy atom. The van der Waals surface area contributed by atoms with Gasteiger partial charge in [0.2, 0.25) is 5.91 Å². The van der Waals surface area contributed by atoms with Crippen LogP contribution in [0.25, 0.3) is 0 Å². The highest BCUT2D eigenvalue weighted by molar-refractivity contribution is 5.73. The molecule has 0 rings (SSSR count). The van der Waals surface area contributed by atoms with E-state index in [0.717, 1.165) is 44.9 Å². The Hall–Kier alpha value is -0.570. The third-order valence-corrected chi connectivity index (χ3v) is 3.60. The number of amides is 1. The third kappa shape index (κ3) is 15.4. The maximum atomic E-state index is 10.5. The number of unbranched alkanes of at least 4 members (excludes halogenated alkanes) is 8. The van der Waals surface area contributed by atoms with Crippen LogP contribution in [-0.2, 0) is 4.79 Å². The molecule has 3 nitrogen and oxygen atoms in total. The Balaban J connectivity index is 3.15. The second-order valence-corrected chi connectivity index (χ2v) is 5.63. The van der Waals surface area contributed by atoms with Gasteiger partial charge in [0.25, 0.3) is 0 Å². The van der Waals surface area contributed by atoms with Gasteiger partial charge in [-0.3, -0.25) is 4.79 Å². The lowest BCUT2D eigenvalue weighted by molar-refractivity contribution is -0.118. The van der Waals surface area contributed by atoms with Crippen molar-refractivity contribution < 1.29 is 9.90 Å². The minimum Gasteiger partial charge on any atom is -0.393 e. The van der Waals surface area contributed by atoms with Gasteiger partial charge in [0.15, 0.2) is 0 Å². The highest BCUT2D eigenvalue weighted by atomic mass is 16.3. The largest absolute Gasteiger partial charge is 0.393 e. The zero-order valence-corrected chi connectivity index (χ0v) is 12.7. The summed E-state index contributed by atoms with van der Waals surface area (Å²) < 4.78 is 0. The Morgan fingerprint density at radius 1 is 0.895 bits per heavy atom. The molecule has 0 radical (unpaired) electrons. The molecule has 0 saturated carbocycles. The summed E-state index contributed by atoms with van der Waals surface area (Å²) in [5.74, 6) is -0.196. The van der Waals surface area contributed by atoms with Crippen LogP contribution in [-0.4, -0.2) is 17.1 Å². The molecule has 0 aliphatic heterocycles. The van der Waals surface area contributed by atoms with Gasteiger partial charge in [-0.2, -0.15) is 0 Å². The summed E-state index contributed by atoms with van der Waals surface area (Å²) in [6, 6.07) is 0. The predicted molar refractivity (Wildman–Crippen MR) is 80.9 cm³/mol. The van der Waals surface area contributed by atoms with E-state index in [4.69, 9.17) is 5.73 Å². The van der Waals surface area contributed by atoms with E-state index in [2.05, 4.69) is 6.92 Å². The summed E-state index contributed by atoms with van der Waals surface area (Å²) in [5.41, 5.74) is 5.08.